The molecule has 1 aromatic rings. The minimum atomic E-state index is -0.643. The van der Waals surface area contributed by atoms with E-state index in [1.54, 1.807) is 24.3 Å². The van der Waals surface area contributed by atoms with Crippen LogP contribution >= 0.6 is 0 Å². The molecule has 0 aromatic heterocycles. The van der Waals surface area contributed by atoms with Gasteiger partial charge in [0.05, 0.1) is 6.61 Å². The monoisotopic (exact) mass is 278 g/mol. The molecule has 4 nitrogen and oxygen atoms in total. The maximum Gasteiger partial charge on any atom is 0.347 e. The molecule has 0 aliphatic rings. The van der Waals surface area contributed by atoms with Gasteiger partial charge in [-0.05, 0) is 31.4 Å². The standard InChI is InChI=1S/C16H22O4/c1-5-15(16(18)19-10-11(2)3)20-14-8-6-7-13(9-14)12(4)17/h6-9,11,15H,5,10H2,1-4H3. The molecule has 0 heterocycles. The number of ketones is 1. The number of hydrogen-bond acceptors (Lipinski definition) is 4. The van der Waals surface area contributed by atoms with Crippen LogP contribution in [0.5, 0.6) is 5.75 Å². The third-order valence-electron chi connectivity index (χ3n) is 2.71. The van der Waals surface area contributed by atoms with E-state index in [1.165, 1.54) is 6.92 Å². The molecular weight excluding hydrogens is 256 g/mol. The summed E-state index contributed by atoms with van der Waals surface area (Å²) in [5, 5.41) is 0. The van der Waals surface area contributed by atoms with Gasteiger partial charge in [0.25, 0.3) is 0 Å². The highest BCUT2D eigenvalue weighted by atomic mass is 16.6. The number of esters is 1. The van der Waals surface area contributed by atoms with Gasteiger partial charge in [0.2, 0.25) is 0 Å². The van der Waals surface area contributed by atoms with Crippen molar-refractivity contribution >= 4 is 11.8 Å². The Balaban J connectivity index is 2.70. The number of rotatable bonds is 7. The highest BCUT2D eigenvalue weighted by Gasteiger charge is 2.20. The van der Waals surface area contributed by atoms with Gasteiger partial charge in [-0.3, -0.25) is 4.79 Å². The van der Waals surface area contributed by atoms with Gasteiger partial charge < -0.3 is 9.47 Å². The van der Waals surface area contributed by atoms with E-state index in [4.69, 9.17) is 9.47 Å². The minimum Gasteiger partial charge on any atom is -0.479 e. The Bertz CT molecular complexity index is 465. The Hall–Kier alpha value is -1.84. The van der Waals surface area contributed by atoms with Crippen LogP contribution in [0.4, 0.5) is 0 Å². The fraction of sp³-hybridized carbons (Fsp3) is 0.500. The third kappa shape index (κ3) is 5.03. The highest BCUT2D eigenvalue weighted by Crippen LogP contribution is 2.17. The molecule has 0 N–H and O–H groups in total. The molecule has 1 unspecified atom stereocenters. The van der Waals surface area contributed by atoms with Gasteiger partial charge in [0.1, 0.15) is 5.75 Å². The van der Waals surface area contributed by atoms with Crippen molar-refractivity contribution in [1.29, 1.82) is 0 Å². The second-order valence-electron chi connectivity index (χ2n) is 5.12. The van der Waals surface area contributed by atoms with Crippen molar-refractivity contribution in [3.8, 4) is 5.75 Å². The zero-order valence-electron chi connectivity index (χ0n) is 12.5. The molecule has 0 spiro atoms. The van der Waals surface area contributed by atoms with Crippen molar-refractivity contribution in [3.63, 3.8) is 0 Å². The lowest BCUT2D eigenvalue weighted by Gasteiger charge is -2.17. The highest BCUT2D eigenvalue weighted by molar-refractivity contribution is 5.94. The Morgan fingerprint density at radius 1 is 1.25 bits per heavy atom. The maximum absolute atomic E-state index is 11.9. The second kappa shape index (κ2) is 7.68. The molecule has 4 heteroatoms. The van der Waals surface area contributed by atoms with Crippen LogP contribution < -0.4 is 4.74 Å². The van der Waals surface area contributed by atoms with Gasteiger partial charge in [-0.2, -0.15) is 0 Å². The van der Waals surface area contributed by atoms with Crippen LogP contribution in [-0.4, -0.2) is 24.5 Å². The van der Waals surface area contributed by atoms with Gasteiger partial charge in [-0.15, -0.1) is 0 Å². The summed E-state index contributed by atoms with van der Waals surface area (Å²) in [4.78, 5) is 23.2. The van der Waals surface area contributed by atoms with Gasteiger partial charge in [0, 0.05) is 5.56 Å². The molecule has 0 saturated heterocycles. The molecule has 1 aromatic carbocycles. The molecule has 0 fully saturated rings. The number of Topliss-reactive ketones (excluding diaryl/α,β-unsaturated/α-hetero) is 1. The summed E-state index contributed by atoms with van der Waals surface area (Å²) in [6, 6.07) is 6.82. The van der Waals surface area contributed by atoms with E-state index in [1.807, 2.05) is 20.8 Å². The van der Waals surface area contributed by atoms with Crippen molar-refractivity contribution < 1.29 is 19.1 Å². The summed E-state index contributed by atoms with van der Waals surface area (Å²) in [7, 11) is 0. The summed E-state index contributed by atoms with van der Waals surface area (Å²) in [6.45, 7) is 7.69. The van der Waals surface area contributed by atoms with E-state index >= 15 is 0 Å². The van der Waals surface area contributed by atoms with Gasteiger partial charge in [-0.25, -0.2) is 4.79 Å². The first-order chi connectivity index (χ1) is 9.43. The van der Waals surface area contributed by atoms with Crippen molar-refractivity contribution in [2.45, 2.75) is 40.2 Å². The van der Waals surface area contributed by atoms with E-state index in [2.05, 4.69) is 0 Å². The first-order valence-corrected chi connectivity index (χ1v) is 6.88. The summed E-state index contributed by atoms with van der Waals surface area (Å²) >= 11 is 0. The molecule has 0 bridgehead atoms. The predicted octanol–water partition coefficient (Wildman–Crippen LogP) is 3.25. The topological polar surface area (TPSA) is 52.6 Å². The fourth-order valence-electron chi connectivity index (χ4n) is 1.59. The van der Waals surface area contributed by atoms with E-state index in [0.717, 1.165) is 0 Å². The normalized spacial score (nSPS) is 12.1. The zero-order chi connectivity index (χ0) is 15.1. The number of carbonyl (C=O) groups excluding carboxylic acids is 2. The molecule has 1 atom stereocenters. The largest absolute Gasteiger partial charge is 0.479 e. The SMILES string of the molecule is CCC(Oc1cccc(C(C)=O)c1)C(=O)OCC(C)C. The van der Waals surface area contributed by atoms with Crippen LogP contribution in [0.2, 0.25) is 0 Å². The van der Waals surface area contributed by atoms with Crippen LogP contribution in [0.15, 0.2) is 24.3 Å². The predicted molar refractivity (Wildman–Crippen MR) is 77.0 cm³/mol. The number of hydrogen-bond donors (Lipinski definition) is 0. The Morgan fingerprint density at radius 3 is 2.50 bits per heavy atom. The van der Waals surface area contributed by atoms with Crippen LogP contribution in [0.1, 0.15) is 44.5 Å². The summed E-state index contributed by atoms with van der Waals surface area (Å²) in [5.41, 5.74) is 0.563. The van der Waals surface area contributed by atoms with Crippen molar-refractivity contribution in [2.24, 2.45) is 5.92 Å². The first kappa shape index (κ1) is 16.2. The van der Waals surface area contributed by atoms with E-state index in [0.29, 0.717) is 24.3 Å². The summed E-state index contributed by atoms with van der Waals surface area (Å²) in [5.74, 6) is 0.392. The van der Waals surface area contributed by atoms with Gasteiger partial charge in [-0.1, -0.05) is 32.9 Å². The van der Waals surface area contributed by atoms with Gasteiger partial charge >= 0.3 is 5.97 Å². The molecule has 0 radical (unpaired) electrons. The van der Waals surface area contributed by atoms with E-state index in [-0.39, 0.29) is 17.7 Å². The Labute approximate surface area is 120 Å². The Morgan fingerprint density at radius 2 is 1.95 bits per heavy atom. The molecule has 0 saturated carbocycles. The quantitative estimate of drug-likeness (QED) is 0.567. The van der Waals surface area contributed by atoms with Crippen LogP contribution in [0.25, 0.3) is 0 Å². The van der Waals surface area contributed by atoms with Crippen LogP contribution in [0, 0.1) is 5.92 Å². The molecule has 0 amide bonds. The molecule has 20 heavy (non-hydrogen) atoms. The van der Waals surface area contributed by atoms with Crippen LogP contribution in [0.3, 0.4) is 0 Å². The third-order valence-corrected chi connectivity index (χ3v) is 2.71. The van der Waals surface area contributed by atoms with Crippen LogP contribution in [-0.2, 0) is 9.53 Å². The molecule has 0 aliphatic carbocycles. The number of benzene rings is 1. The lowest BCUT2D eigenvalue weighted by molar-refractivity contribution is -0.153. The van der Waals surface area contributed by atoms with Crippen molar-refractivity contribution in [3.05, 3.63) is 29.8 Å². The second-order valence-corrected chi connectivity index (χ2v) is 5.12. The average molecular weight is 278 g/mol. The lowest BCUT2D eigenvalue weighted by Crippen LogP contribution is -2.29. The van der Waals surface area contributed by atoms with E-state index < -0.39 is 6.10 Å². The molecular formula is C16H22O4. The molecule has 1 rings (SSSR count). The van der Waals surface area contributed by atoms with E-state index in [9.17, 15) is 9.59 Å². The Kier molecular flexibility index (Phi) is 6.22. The van der Waals surface area contributed by atoms with Crippen molar-refractivity contribution in [2.75, 3.05) is 6.61 Å². The zero-order valence-corrected chi connectivity index (χ0v) is 12.5. The smallest absolute Gasteiger partial charge is 0.347 e. The number of carbonyl (C=O) groups is 2. The average Bonchev–Trinajstić information content (AvgIpc) is 2.42. The summed E-state index contributed by atoms with van der Waals surface area (Å²) < 4.78 is 10.8. The molecule has 110 valence electrons. The van der Waals surface area contributed by atoms with Crippen molar-refractivity contribution in [1.82, 2.24) is 0 Å². The number of ether oxygens (including phenoxy) is 2. The minimum absolute atomic E-state index is 0.0362. The van der Waals surface area contributed by atoms with Gasteiger partial charge in [0.15, 0.2) is 11.9 Å². The maximum atomic E-state index is 11.9. The fourth-order valence-corrected chi connectivity index (χ4v) is 1.59. The lowest BCUT2D eigenvalue weighted by atomic mass is 10.1. The molecule has 0 aliphatic heterocycles. The first-order valence-electron chi connectivity index (χ1n) is 6.88. The summed E-state index contributed by atoms with van der Waals surface area (Å²) in [6.07, 6.45) is -0.128.